The molecule has 1 aliphatic rings. The molecule has 0 saturated carbocycles. The van der Waals surface area contributed by atoms with Gasteiger partial charge in [0, 0.05) is 12.2 Å². The fourth-order valence-corrected chi connectivity index (χ4v) is 2.79. The first-order valence-corrected chi connectivity index (χ1v) is 6.95. The Hall–Kier alpha value is -1.09. The molecule has 3 heteroatoms. The number of hydrogen-bond acceptors (Lipinski definition) is 2. The highest BCUT2D eigenvalue weighted by Gasteiger charge is 2.18. The Kier molecular flexibility index (Phi) is 4.59. The van der Waals surface area contributed by atoms with Gasteiger partial charge in [-0.05, 0) is 49.5 Å². The first-order valence-electron chi connectivity index (χ1n) is 6.95. The molecule has 100 valence electrons. The maximum absolute atomic E-state index is 13.0. The highest BCUT2D eigenvalue weighted by Crippen LogP contribution is 2.24. The van der Waals surface area contributed by atoms with Crippen LogP contribution < -0.4 is 5.73 Å². The summed E-state index contributed by atoms with van der Waals surface area (Å²) in [5.41, 5.74) is 7.47. The maximum atomic E-state index is 13.0. The van der Waals surface area contributed by atoms with Crippen molar-refractivity contribution in [2.75, 3.05) is 18.8 Å². The van der Waals surface area contributed by atoms with Gasteiger partial charge in [-0.2, -0.15) is 0 Å². The van der Waals surface area contributed by atoms with E-state index in [0.717, 1.165) is 31.1 Å². The molecule has 0 radical (unpaired) electrons. The minimum atomic E-state index is -0.252. The van der Waals surface area contributed by atoms with Crippen LogP contribution in [0.25, 0.3) is 0 Å². The van der Waals surface area contributed by atoms with Crippen molar-refractivity contribution in [3.05, 3.63) is 29.6 Å². The van der Waals surface area contributed by atoms with Crippen molar-refractivity contribution >= 4 is 5.69 Å². The van der Waals surface area contributed by atoms with E-state index in [4.69, 9.17) is 5.73 Å². The number of benzene rings is 1. The van der Waals surface area contributed by atoms with Gasteiger partial charge in [-0.25, -0.2) is 4.39 Å². The second-order valence-corrected chi connectivity index (χ2v) is 5.35. The number of nitrogen functional groups attached to an aromatic ring is 1. The van der Waals surface area contributed by atoms with E-state index in [1.807, 2.05) is 6.07 Å². The zero-order valence-corrected chi connectivity index (χ0v) is 11.2. The van der Waals surface area contributed by atoms with Crippen LogP contribution in [0.1, 0.15) is 38.2 Å². The Morgan fingerprint density at radius 1 is 1.33 bits per heavy atom. The Labute approximate surface area is 109 Å². The van der Waals surface area contributed by atoms with Crippen LogP contribution in [0.5, 0.6) is 0 Å². The molecule has 0 spiro atoms. The van der Waals surface area contributed by atoms with E-state index in [1.165, 1.54) is 37.8 Å². The number of halogens is 1. The van der Waals surface area contributed by atoms with Gasteiger partial charge in [-0.3, -0.25) is 4.90 Å². The lowest BCUT2D eigenvalue weighted by molar-refractivity contribution is 0.172. The van der Waals surface area contributed by atoms with Crippen molar-refractivity contribution in [1.29, 1.82) is 0 Å². The predicted octanol–water partition coefficient (Wildman–Crippen LogP) is 3.42. The van der Waals surface area contributed by atoms with Gasteiger partial charge in [0.25, 0.3) is 0 Å². The average molecular weight is 250 g/mol. The van der Waals surface area contributed by atoms with Crippen LogP contribution in [0.3, 0.4) is 0 Å². The summed E-state index contributed by atoms with van der Waals surface area (Å²) < 4.78 is 13.0. The number of anilines is 1. The molecular formula is C15H23FN2. The van der Waals surface area contributed by atoms with Crippen molar-refractivity contribution in [2.45, 2.75) is 39.2 Å². The molecule has 0 aliphatic carbocycles. The summed E-state index contributed by atoms with van der Waals surface area (Å²) in [5, 5.41) is 0. The summed E-state index contributed by atoms with van der Waals surface area (Å²) in [7, 11) is 0. The van der Waals surface area contributed by atoms with Gasteiger partial charge in [0.2, 0.25) is 0 Å². The van der Waals surface area contributed by atoms with Crippen molar-refractivity contribution in [1.82, 2.24) is 4.90 Å². The monoisotopic (exact) mass is 250 g/mol. The zero-order valence-electron chi connectivity index (χ0n) is 11.2. The average Bonchev–Trinajstić information content (AvgIpc) is 2.35. The molecule has 1 heterocycles. The SMILES string of the molecule is CCCC1CCN(Cc2ccc(F)cc2N)CC1. The quantitative estimate of drug-likeness (QED) is 0.830. The summed E-state index contributed by atoms with van der Waals surface area (Å²) in [6.45, 7) is 5.39. The van der Waals surface area contributed by atoms with Crippen LogP contribution >= 0.6 is 0 Å². The zero-order chi connectivity index (χ0) is 13.0. The third-order valence-corrected chi connectivity index (χ3v) is 3.91. The third-order valence-electron chi connectivity index (χ3n) is 3.91. The minimum Gasteiger partial charge on any atom is -0.398 e. The molecule has 2 nitrogen and oxygen atoms in total. The number of nitrogens with zero attached hydrogens (tertiary/aromatic N) is 1. The molecule has 0 atom stereocenters. The van der Waals surface area contributed by atoms with Gasteiger partial charge in [-0.1, -0.05) is 25.8 Å². The molecule has 2 N–H and O–H groups in total. The van der Waals surface area contributed by atoms with Crippen LogP contribution in [0, 0.1) is 11.7 Å². The van der Waals surface area contributed by atoms with Gasteiger partial charge < -0.3 is 5.73 Å². The normalized spacial score (nSPS) is 18.1. The van der Waals surface area contributed by atoms with Gasteiger partial charge >= 0.3 is 0 Å². The molecule has 0 unspecified atom stereocenters. The molecule has 1 aromatic carbocycles. The molecule has 1 fully saturated rings. The fraction of sp³-hybridized carbons (Fsp3) is 0.600. The van der Waals surface area contributed by atoms with Crippen LogP contribution in [0.4, 0.5) is 10.1 Å². The molecule has 1 saturated heterocycles. The lowest BCUT2D eigenvalue weighted by atomic mass is 9.92. The van der Waals surface area contributed by atoms with E-state index in [2.05, 4.69) is 11.8 Å². The lowest BCUT2D eigenvalue weighted by Crippen LogP contribution is -2.33. The Bertz CT molecular complexity index is 384. The van der Waals surface area contributed by atoms with E-state index in [0.29, 0.717) is 5.69 Å². The topological polar surface area (TPSA) is 29.3 Å². The van der Waals surface area contributed by atoms with E-state index in [1.54, 1.807) is 0 Å². The van der Waals surface area contributed by atoms with Gasteiger partial charge in [0.15, 0.2) is 0 Å². The van der Waals surface area contributed by atoms with E-state index < -0.39 is 0 Å². The summed E-state index contributed by atoms with van der Waals surface area (Å²) in [5.74, 6) is 0.648. The predicted molar refractivity (Wildman–Crippen MR) is 73.7 cm³/mol. The molecule has 18 heavy (non-hydrogen) atoms. The first-order chi connectivity index (χ1) is 8.69. The number of hydrogen-bond donors (Lipinski definition) is 1. The molecule has 2 rings (SSSR count). The van der Waals surface area contributed by atoms with Crippen LogP contribution in [0.15, 0.2) is 18.2 Å². The minimum absolute atomic E-state index is 0.252. The van der Waals surface area contributed by atoms with Crippen molar-refractivity contribution < 1.29 is 4.39 Å². The summed E-state index contributed by atoms with van der Waals surface area (Å²) in [4.78, 5) is 2.43. The number of likely N-dealkylation sites (tertiary alicyclic amines) is 1. The second kappa shape index (κ2) is 6.19. The summed E-state index contributed by atoms with van der Waals surface area (Å²) >= 11 is 0. The van der Waals surface area contributed by atoms with Crippen molar-refractivity contribution in [3.8, 4) is 0 Å². The second-order valence-electron chi connectivity index (χ2n) is 5.35. The van der Waals surface area contributed by atoms with Crippen molar-refractivity contribution in [2.24, 2.45) is 5.92 Å². The summed E-state index contributed by atoms with van der Waals surface area (Å²) in [6, 6.07) is 4.72. The lowest BCUT2D eigenvalue weighted by Gasteiger charge is -2.32. The number of rotatable bonds is 4. The Balaban J connectivity index is 1.87. The highest BCUT2D eigenvalue weighted by atomic mass is 19.1. The largest absolute Gasteiger partial charge is 0.398 e. The van der Waals surface area contributed by atoms with E-state index in [-0.39, 0.29) is 5.82 Å². The third kappa shape index (κ3) is 3.45. The molecular weight excluding hydrogens is 227 g/mol. The van der Waals surface area contributed by atoms with Crippen molar-refractivity contribution in [3.63, 3.8) is 0 Å². The fourth-order valence-electron chi connectivity index (χ4n) is 2.79. The Morgan fingerprint density at radius 3 is 2.67 bits per heavy atom. The highest BCUT2D eigenvalue weighted by molar-refractivity contribution is 5.46. The van der Waals surface area contributed by atoms with Gasteiger partial charge in [-0.15, -0.1) is 0 Å². The Morgan fingerprint density at radius 2 is 2.06 bits per heavy atom. The van der Waals surface area contributed by atoms with E-state index >= 15 is 0 Å². The number of nitrogens with two attached hydrogens (primary N) is 1. The number of piperidine rings is 1. The molecule has 1 aromatic rings. The first kappa shape index (κ1) is 13.3. The molecule has 1 aliphatic heterocycles. The van der Waals surface area contributed by atoms with Crippen LogP contribution in [-0.2, 0) is 6.54 Å². The van der Waals surface area contributed by atoms with Crippen LogP contribution in [0.2, 0.25) is 0 Å². The smallest absolute Gasteiger partial charge is 0.125 e. The van der Waals surface area contributed by atoms with E-state index in [9.17, 15) is 4.39 Å². The molecule has 0 bridgehead atoms. The van der Waals surface area contributed by atoms with Crippen LogP contribution in [-0.4, -0.2) is 18.0 Å². The molecule has 0 amide bonds. The molecule has 0 aromatic heterocycles. The standard InChI is InChI=1S/C15H23FN2/c1-2-3-12-6-8-18(9-7-12)11-13-4-5-14(16)10-15(13)17/h4-5,10,12H,2-3,6-9,11,17H2,1H3. The maximum Gasteiger partial charge on any atom is 0.125 e. The summed E-state index contributed by atoms with van der Waals surface area (Å²) in [6.07, 6.45) is 5.21. The van der Waals surface area contributed by atoms with Gasteiger partial charge in [0.1, 0.15) is 5.82 Å². The van der Waals surface area contributed by atoms with Gasteiger partial charge in [0.05, 0.1) is 0 Å².